The van der Waals surface area contributed by atoms with E-state index < -0.39 is 18.2 Å². The summed E-state index contributed by atoms with van der Waals surface area (Å²) in [4.78, 5) is 11.2. The van der Waals surface area contributed by atoms with Crippen LogP contribution in [0.25, 0.3) is 0 Å². The van der Waals surface area contributed by atoms with Gasteiger partial charge in [0.2, 0.25) is 0 Å². The molecule has 0 aromatic heterocycles. The van der Waals surface area contributed by atoms with E-state index in [1.807, 2.05) is 24.3 Å². The molecule has 0 aliphatic carbocycles. The molecule has 0 fully saturated rings. The molecule has 1 heterocycles. The predicted molar refractivity (Wildman–Crippen MR) is 65.7 cm³/mol. The topological polar surface area (TPSA) is 58.6 Å². The Labute approximate surface area is 138 Å². The molecule has 2 aromatic carbocycles. The van der Waals surface area contributed by atoms with E-state index in [0.29, 0.717) is 11.5 Å². The summed E-state index contributed by atoms with van der Waals surface area (Å²) in [6.45, 7) is 0. The Hall–Kier alpha value is -1.49. The van der Waals surface area contributed by atoms with Crippen molar-refractivity contribution in [1.29, 1.82) is 0 Å². The van der Waals surface area contributed by atoms with Gasteiger partial charge in [-0.2, -0.15) is 0 Å². The minimum atomic E-state index is -1.29. The minimum absolute atomic E-state index is 0. The fourth-order valence-electron chi connectivity index (χ4n) is 2.10. The first-order valence-electron chi connectivity index (χ1n) is 5.94. The third-order valence-corrected chi connectivity index (χ3v) is 2.99. The number of hydrogen-bond acceptors (Lipinski definition) is 4. The molecule has 5 heteroatoms. The van der Waals surface area contributed by atoms with Gasteiger partial charge in [-0.3, -0.25) is 0 Å². The van der Waals surface area contributed by atoms with E-state index in [-0.39, 0.29) is 29.6 Å². The third kappa shape index (κ3) is 2.82. The summed E-state index contributed by atoms with van der Waals surface area (Å²) in [5.74, 6) is -0.332. The van der Waals surface area contributed by atoms with Crippen LogP contribution in [0, 0.1) is 0 Å². The second kappa shape index (κ2) is 6.31. The molecule has 0 spiro atoms. The standard InChI is InChI=1S/C15H12O4.Na/c16-15(17)14-13(10-6-2-1-3-7-10)18-11-8-4-5-9-12(11)19-14;/h1-9,13-14H,(H,16,17);/q;+1/p-1. The van der Waals surface area contributed by atoms with Gasteiger partial charge in [-0.25, -0.2) is 0 Å². The molecule has 2 unspecified atom stereocenters. The smallest absolute Gasteiger partial charge is 0.546 e. The molecule has 2 aromatic rings. The number of rotatable bonds is 2. The van der Waals surface area contributed by atoms with Gasteiger partial charge in [-0.15, -0.1) is 0 Å². The number of fused-ring (bicyclic) bond motifs is 1. The van der Waals surface area contributed by atoms with E-state index in [2.05, 4.69) is 0 Å². The van der Waals surface area contributed by atoms with Crippen molar-refractivity contribution < 1.29 is 48.9 Å². The summed E-state index contributed by atoms with van der Waals surface area (Å²) in [5.41, 5.74) is 0.742. The average molecular weight is 278 g/mol. The van der Waals surface area contributed by atoms with Gasteiger partial charge in [-0.1, -0.05) is 42.5 Å². The van der Waals surface area contributed by atoms with Crippen LogP contribution < -0.4 is 44.1 Å². The molecule has 0 amide bonds. The summed E-state index contributed by atoms with van der Waals surface area (Å²) < 4.78 is 11.2. The largest absolute Gasteiger partial charge is 1.00 e. The van der Waals surface area contributed by atoms with E-state index in [1.165, 1.54) is 0 Å². The number of carboxylic acids is 1. The van der Waals surface area contributed by atoms with Crippen LogP contribution in [0.4, 0.5) is 0 Å². The molecule has 1 aliphatic heterocycles. The van der Waals surface area contributed by atoms with Gasteiger partial charge < -0.3 is 19.4 Å². The Morgan fingerprint density at radius 3 is 2.05 bits per heavy atom. The molecule has 0 radical (unpaired) electrons. The van der Waals surface area contributed by atoms with Crippen molar-refractivity contribution in [2.75, 3.05) is 0 Å². The number of carbonyl (C=O) groups is 1. The van der Waals surface area contributed by atoms with E-state index in [0.717, 1.165) is 5.56 Å². The Balaban J connectivity index is 0.00000147. The van der Waals surface area contributed by atoms with Crippen LogP contribution in [0.1, 0.15) is 11.7 Å². The maximum atomic E-state index is 11.2. The normalized spacial score (nSPS) is 19.8. The van der Waals surface area contributed by atoms with Crippen LogP contribution in [0.5, 0.6) is 11.5 Å². The molecule has 96 valence electrons. The molecule has 20 heavy (non-hydrogen) atoms. The summed E-state index contributed by atoms with van der Waals surface area (Å²) in [5, 5.41) is 11.2. The zero-order chi connectivity index (χ0) is 13.2. The maximum absolute atomic E-state index is 11.2. The summed E-state index contributed by atoms with van der Waals surface area (Å²) in [7, 11) is 0. The van der Waals surface area contributed by atoms with Crippen molar-refractivity contribution in [2.24, 2.45) is 0 Å². The Morgan fingerprint density at radius 2 is 1.45 bits per heavy atom. The monoisotopic (exact) mass is 278 g/mol. The van der Waals surface area contributed by atoms with Crippen LogP contribution >= 0.6 is 0 Å². The molecule has 1 aliphatic rings. The zero-order valence-corrected chi connectivity index (χ0v) is 13.0. The molecule has 2 atom stereocenters. The minimum Gasteiger partial charge on any atom is -0.546 e. The van der Waals surface area contributed by atoms with Crippen LogP contribution in [-0.2, 0) is 4.79 Å². The van der Waals surface area contributed by atoms with Gasteiger partial charge >= 0.3 is 29.6 Å². The molecule has 3 rings (SSSR count). The molecule has 0 saturated heterocycles. The van der Waals surface area contributed by atoms with E-state index in [4.69, 9.17) is 9.47 Å². The molecule has 4 nitrogen and oxygen atoms in total. The molecular formula is C15H11NaO4. The van der Waals surface area contributed by atoms with E-state index in [9.17, 15) is 9.90 Å². The van der Waals surface area contributed by atoms with Gasteiger partial charge in [0.15, 0.2) is 23.7 Å². The second-order valence-corrected chi connectivity index (χ2v) is 4.25. The molecule has 0 bridgehead atoms. The van der Waals surface area contributed by atoms with Gasteiger partial charge in [0.1, 0.15) is 0 Å². The van der Waals surface area contributed by atoms with E-state index >= 15 is 0 Å². The first kappa shape index (κ1) is 14.9. The van der Waals surface area contributed by atoms with Gasteiger partial charge in [0.25, 0.3) is 0 Å². The van der Waals surface area contributed by atoms with Crippen molar-refractivity contribution in [3.8, 4) is 11.5 Å². The molecule has 0 saturated carbocycles. The van der Waals surface area contributed by atoms with Crippen LogP contribution in [0.15, 0.2) is 54.6 Å². The van der Waals surface area contributed by atoms with Crippen LogP contribution in [-0.4, -0.2) is 12.1 Å². The molecular weight excluding hydrogens is 267 g/mol. The number of ether oxygens (including phenoxy) is 2. The van der Waals surface area contributed by atoms with Crippen molar-refractivity contribution >= 4 is 5.97 Å². The zero-order valence-electron chi connectivity index (χ0n) is 11.0. The van der Waals surface area contributed by atoms with Crippen molar-refractivity contribution in [3.05, 3.63) is 60.2 Å². The van der Waals surface area contributed by atoms with Gasteiger partial charge in [-0.05, 0) is 17.7 Å². The fraction of sp³-hybridized carbons (Fsp3) is 0.133. The second-order valence-electron chi connectivity index (χ2n) is 4.25. The van der Waals surface area contributed by atoms with E-state index in [1.54, 1.807) is 30.3 Å². The predicted octanol–water partition coefficient (Wildman–Crippen LogP) is -1.68. The number of hydrogen-bond donors (Lipinski definition) is 0. The SMILES string of the molecule is O=C([O-])C1Oc2ccccc2OC1c1ccccc1.[Na+]. The van der Waals surface area contributed by atoms with Gasteiger partial charge in [0.05, 0.1) is 5.97 Å². The number of carbonyl (C=O) groups excluding carboxylic acids is 1. The number of carboxylic acid groups (broad SMARTS) is 1. The summed E-state index contributed by atoms with van der Waals surface area (Å²) >= 11 is 0. The molecule has 0 N–H and O–H groups in total. The average Bonchev–Trinajstić information content (AvgIpc) is 2.46. The van der Waals surface area contributed by atoms with Crippen molar-refractivity contribution in [3.63, 3.8) is 0 Å². The first-order chi connectivity index (χ1) is 9.25. The number of para-hydroxylation sites is 2. The number of aliphatic carboxylic acids is 1. The summed E-state index contributed by atoms with van der Waals surface area (Å²) in [6.07, 6.45) is -1.86. The summed E-state index contributed by atoms with van der Waals surface area (Å²) in [6, 6.07) is 16.1. The van der Waals surface area contributed by atoms with Crippen molar-refractivity contribution in [2.45, 2.75) is 12.2 Å². The number of benzene rings is 2. The van der Waals surface area contributed by atoms with Crippen molar-refractivity contribution in [1.82, 2.24) is 0 Å². The Bertz CT molecular complexity index is 600. The third-order valence-electron chi connectivity index (χ3n) is 2.99. The Kier molecular flexibility index (Phi) is 4.70. The fourth-order valence-corrected chi connectivity index (χ4v) is 2.10. The van der Waals surface area contributed by atoms with Crippen LogP contribution in [0.3, 0.4) is 0 Å². The quantitative estimate of drug-likeness (QED) is 0.616. The first-order valence-corrected chi connectivity index (χ1v) is 5.94. The van der Waals surface area contributed by atoms with Crippen LogP contribution in [0.2, 0.25) is 0 Å². The maximum Gasteiger partial charge on any atom is 1.00 e. The van der Waals surface area contributed by atoms with Gasteiger partial charge in [0, 0.05) is 0 Å². The Morgan fingerprint density at radius 1 is 0.900 bits per heavy atom.